The van der Waals surface area contributed by atoms with Crippen LogP contribution in [0.5, 0.6) is 0 Å². The lowest BCUT2D eigenvalue weighted by atomic mass is 10.1. The molecule has 1 aromatic carbocycles. The van der Waals surface area contributed by atoms with E-state index in [4.69, 9.17) is 0 Å². The van der Waals surface area contributed by atoms with Crippen LogP contribution < -0.4 is 16.0 Å². The topological polar surface area (TPSA) is 70.2 Å². The minimum absolute atomic E-state index is 0.0402. The Labute approximate surface area is 131 Å². The normalized spacial score (nSPS) is 15.3. The van der Waals surface area contributed by atoms with Crippen molar-refractivity contribution in [1.29, 1.82) is 0 Å². The summed E-state index contributed by atoms with van der Waals surface area (Å²) in [5.41, 5.74) is 2.36. The van der Waals surface area contributed by atoms with Gasteiger partial charge in [0.25, 0.3) is 0 Å². The van der Waals surface area contributed by atoms with Crippen LogP contribution in [-0.2, 0) is 4.79 Å². The average molecular weight is 303 g/mol. The minimum Gasteiger partial charge on any atom is -0.335 e. The van der Waals surface area contributed by atoms with Gasteiger partial charge in [-0.15, -0.1) is 0 Å². The summed E-state index contributed by atoms with van der Waals surface area (Å²) in [6.45, 7) is 7.64. The summed E-state index contributed by atoms with van der Waals surface area (Å²) in [6.07, 6.45) is 2.38. The van der Waals surface area contributed by atoms with Crippen molar-refractivity contribution in [2.75, 3.05) is 10.6 Å². The van der Waals surface area contributed by atoms with Crippen LogP contribution in [0.3, 0.4) is 0 Å². The predicted octanol–water partition coefficient (Wildman–Crippen LogP) is 3.51. The standard InChI is InChI=1S/C17H25N3O2/c1-10(2)16(21)19-14-8-5-11(3)15(9-14)20-17(22)18-12(4)13-6-7-13/h5,8-10,12-13H,6-7H2,1-4H3,(H,19,21)(H2,18,20,22). The van der Waals surface area contributed by atoms with Crippen molar-refractivity contribution < 1.29 is 9.59 Å². The summed E-state index contributed by atoms with van der Waals surface area (Å²) in [4.78, 5) is 23.8. The van der Waals surface area contributed by atoms with Crippen LogP contribution in [0.4, 0.5) is 16.2 Å². The Morgan fingerprint density at radius 1 is 1.14 bits per heavy atom. The molecule has 1 aliphatic carbocycles. The third-order valence-electron chi connectivity index (χ3n) is 3.97. The highest BCUT2D eigenvalue weighted by atomic mass is 16.2. The van der Waals surface area contributed by atoms with Gasteiger partial charge in [0.1, 0.15) is 0 Å². The van der Waals surface area contributed by atoms with E-state index in [0.29, 0.717) is 17.3 Å². The molecular weight excluding hydrogens is 278 g/mol. The van der Waals surface area contributed by atoms with Crippen LogP contribution in [0.25, 0.3) is 0 Å². The molecule has 1 aliphatic rings. The van der Waals surface area contributed by atoms with Gasteiger partial charge in [-0.3, -0.25) is 4.79 Å². The average Bonchev–Trinajstić information content (AvgIpc) is 3.26. The number of aryl methyl sites for hydroxylation is 1. The van der Waals surface area contributed by atoms with E-state index >= 15 is 0 Å². The molecule has 0 spiro atoms. The molecule has 0 radical (unpaired) electrons. The van der Waals surface area contributed by atoms with Crippen LogP contribution in [0.2, 0.25) is 0 Å². The highest BCUT2D eigenvalue weighted by Crippen LogP contribution is 2.32. The molecule has 3 amide bonds. The molecule has 5 heteroatoms. The lowest BCUT2D eigenvalue weighted by molar-refractivity contribution is -0.118. The van der Waals surface area contributed by atoms with Crippen molar-refractivity contribution in [2.45, 2.75) is 46.6 Å². The third-order valence-corrected chi connectivity index (χ3v) is 3.97. The molecule has 0 heterocycles. The second-order valence-corrected chi connectivity index (χ2v) is 6.40. The van der Waals surface area contributed by atoms with Crippen LogP contribution in [-0.4, -0.2) is 18.0 Å². The number of hydrogen-bond donors (Lipinski definition) is 3. The molecule has 1 saturated carbocycles. The van der Waals surface area contributed by atoms with Crippen molar-refractivity contribution in [2.24, 2.45) is 11.8 Å². The maximum atomic E-state index is 12.0. The first-order valence-electron chi connectivity index (χ1n) is 7.86. The molecule has 1 aromatic rings. The molecule has 0 aliphatic heterocycles. The zero-order valence-corrected chi connectivity index (χ0v) is 13.7. The summed E-state index contributed by atoms with van der Waals surface area (Å²) in [7, 11) is 0. The molecule has 3 N–H and O–H groups in total. The van der Waals surface area contributed by atoms with E-state index in [1.807, 2.05) is 39.8 Å². The predicted molar refractivity (Wildman–Crippen MR) is 89.0 cm³/mol. The lowest BCUT2D eigenvalue weighted by Crippen LogP contribution is -2.37. The fourth-order valence-corrected chi connectivity index (χ4v) is 2.20. The van der Waals surface area contributed by atoms with Gasteiger partial charge in [0.15, 0.2) is 0 Å². The van der Waals surface area contributed by atoms with E-state index in [1.165, 1.54) is 12.8 Å². The number of anilines is 2. The first-order valence-corrected chi connectivity index (χ1v) is 7.86. The molecular formula is C17H25N3O2. The zero-order valence-electron chi connectivity index (χ0n) is 13.7. The van der Waals surface area contributed by atoms with Crippen molar-refractivity contribution in [1.82, 2.24) is 5.32 Å². The van der Waals surface area contributed by atoms with E-state index in [9.17, 15) is 9.59 Å². The number of amides is 3. The van der Waals surface area contributed by atoms with Crippen molar-refractivity contribution in [3.8, 4) is 0 Å². The van der Waals surface area contributed by atoms with Gasteiger partial charge in [0.05, 0.1) is 0 Å². The fraction of sp³-hybridized carbons (Fsp3) is 0.529. The summed E-state index contributed by atoms with van der Waals surface area (Å²) in [5.74, 6) is 0.491. The number of nitrogens with one attached hydrogen (secondary N) is 3. The number of benzene rings is 1. The molecule has 1 fully saturated rings. The van der Waals surface area contributed by atoms with Gasteiger partial charge in [0, 0.05) is 23.3 Å². The highest BCUT2D eigenvalue weighted by molar-refractivity contribution is 5.94. The summed E-state index contributed by atoms with van der Waals surface area (Å²) < 4.78 is 0. The lowest BCUT2D eigenvalue weighted by Gasteiger charge is -2.16. The van der Waals surface area contributed by atoms with Gasteiger partial charge in [-0.1, -0.05) is 19.9 Å². The first kappa shape index (κ1) is 16.3. The van der Waals surface area contributed by atoms with Crippen LogP contribution in [0, 0.1) is 18.8 Å². The summed E-state index contributed by atoms with van der Waals surface area (Å²) in [5, 5.41) is 8.66. The van der Waals surface area contributed by atoms with Crippen molar-refractivity contribution in [3.05, 3.63) is 23.8 Å². The molecule has 1 atom stereocenters. The molecule has 2 rings (SSSR count). The summed E-state index contributed by atoms with van der Waals surface area (Å²) in [6, 6.07) is 5.51. The number of hydrogen-bond acceptors (Lipinski definition) is 2. The van der Waals surface area contributed by atoms with E-state index in [1.54, 1.807) is 6.07 Å². The first-order chi connectivity index (χ1) is 10.4. The third kappa shape index (κ3) is 4.48. The molecule has 0 aromatic heterocycles. The maximum absolute atomic E-state index is 12.0. The Morgan fingerprint density at radius 3 is 2.41 bits per heavy atom. The van der Waals surface area contributed by atoms with Crippen LogP contribution in [0.1, 0.15) is 39.2 Å². The number of carbonyl (C=O) groups excluding carboxylic acids is 2. The van der Waals surface area contributed by atoms with Gasteiger partial charge in [0.2, 0.25) is 5.91 Å². The fourth-order valence-electron chi connectivity index (χ4n) is 2.20. The Bertz CT molecular complexity index is 565. The van der Waals surface area contributed by atoms with Gasteiger partial charge < -0.3 is 16.0 Å². The van der Waals surface area contributed by atoms with Crippen LogP contribution >= 0.6 is 0 Å². The zero-order chi connectivity index (χ0) is 16.3. The Balaban J connectivity index is 1.99. The number of rotatable bonds is 5. The van der Waals surface area contributed by atoms with Crippen molar-refractivity contribution >= 4 is 23.3 Å². The highest BCUT2D eigenvalue weighted by Gasteiger charge is 2.28. The quantitative estimate of drug-likeness (QED) is 0.779. The SMILES string of the molecule is Cc1ccc(NC(=O)C(C)C)cc1NC(=O)NC(C)C1CC1. The summed E-state index contributed by atoms with van der Waals surface area (Å²) >= 11 is 0. The molecule has 22 heavy (non-hydrogen) atoms. The van der Waals surface area contributed by atoms with E-state index < -0.39 is 0 Å². The van der Waals surface area contributed by atoms with Gasteiger partial charge in [-0.25, -0.2) is 4.79 Å². The monoisotopic (exact) mass is 303 g/mol. The molecule has 1 unspecified atom stereocenters. The maximum Gasteiger partial charge on any atom is 0.319 e. The van der Waals surface area contributed by atoms with E-state index in [2.05, 4.69) is 16.0 Å². The molecule has 0 saturated heterocycles. The largest absolute Gasteiger partial charge is 0.335 e. The smallest absolute Gasteiger partial charge is 0.319 e. The van der Waals surface area contributed by atoms with Gasteiger partial charge >= 0.3 is 6.03 Å². The van der Waals surface area contributed by atoms with Crippen molar-refractivity contribution in [3.63, 3.8) is 0 Å². The molecule has 0 bridgehead atoms. The Kier molecular flexibility index (Phi) is 5.06. The van der Waals surface area contributed by atoms with E-state index in [-0.39, 0.29) is 23.9 Å². The van der Waals surface area contributed by atoms with E-state index in [0.717, 1.165) is 5.56 Å². The Morgan fingerprint density at radius 2 is 1.82 bits per heavy atom. The number of carbonyl (C=O) groups is 2. The molecule has 120 valence electrons. The van der Waals surface area contributed by atoms with Crippen LogP contribution in [0.15, 0.2) is 18.2 Å². The Hall–Kier alpha value is -2.04. The molecule has 5 nitrogen and oxygen atoms in total. The second kappa shape index (κ2) is 6.81. The second-order valence-electron chi connectivity index (χ2n) is 6.40. The number of urea groups is 1. The minimum atomic E-state index is -0.199. The van der Waals surface area contributed by atoms with Gasteiger partial charge in [-0.05, 0) is 50.3 Å². The van der Waals surface area contributed by atoms with Gasteiger partial charge in [-0.2, -0.15) is 0 Å².